The van der Waals surface area contributed by atoms with Gasteiger partial charge in [-0.2, -0.15) is 0 Å². The number of nitrogens with zero attached hydrogens (tertiary/aromatic N) is 2. The summed E-state index contributed by atoms with van der Waals surface area (Å²) < 4.78 is 10.3. The maximum Gasteiger partial charge on any atom is 0.340 e. The molecule has 0 radical (unpaired) electrons. The van der Waals surface area contributed by atoms with Gasteiger partial charge < -0.3 is 19.5 Å². The number of halogens is 2. The van der Waals surface area contributed by atoms with Crippen LogP contribution in [0.4, 0.5) is 11.4 Å². The third kappa shape index (κ3) is 4.53. The van der Waals surface area contributed by atoms with Gasteiger partial charge in [0.15, 0.2) is 0 Å². The molecule has 0 aromatic heterocycles. The van der Waals surface area contributed by atoms with Crippen LogP contribution in [-0.4, -0.2) is 50.7 Å². The number of phenols is 1. The van der Waals surface area contributed by atoms with Crippen molar-refractivity contribution in [2.24, 2.45) is 4.99 Å². The third-order valence-electron chi connectivity index (χ3n) is 4.15. The van der Waals surface area contributed by atoms with Crippen molar-refractivity contribution in [2.45, 2.75) is 0 Å². The molecule has 3 rings (SSSR count). The smallest absolute Gasteiger partial charge is 0.340 e. The summed E-state index contributed by atoms with van der Waals surface area (Å²) >= 11 is 11.9. The van der Waals surface area contributed by atoms with Crippen molar-refractivity contribution in [2.75, 3.05) is 38.3 Å². The standard InChI is InChI=1S/C19H18Cl2N2O4/c1-26-19(25)15-10-14(2-3-17(15)23-4-6-27-7-5-23)22-11-12-8-13(20)9-16(21)18(12)24/h2-3,8-11,24H,4-7H2,1H3. The molecular formula is C19H18Cl2N2O4. The number of hydrogen-bond donors (Lipinski definition) is 1. The first kappa shape index (κ1) is 19.5. The zero-order valence-electron chi connectivity index (χ0n) is 14.6. The van der Waals surface area contributed by atoms with Gasteiger partial charge in [-0.15, -0.1) is 0 Å². The number of morpholine rings is 1. The Morgan fingerprint density at radius 2 is 2.00 bits per heavy atom. The first-order chi connectivity index (χ1) is 13.0. The van der Waals surface area contributed by atoms with Gasteiger partial charge in [0.2, 0.25) is 0 Å². The number of aromatic hydroxyl groups is 1. The minimum atomic E-state index is -0.442. The molecule has 27 heavy (non-hydrogen) atoms. The van der Waals surface area contributed by atoms with Gasteiger partial charge in [0.1, 0.15) is 5.75 Å². The molecule has 1 heterocycles. The van der Waals surface area contributed by atoms with Gasteiger partial charge in [0.25, 0.3) is 0 Å². The molecule has 0 bridgehead atoms. The van der Waals surface area contributed by atoms with E-state index >= 15 is 0 Å². The van der Waals surface area contributed by atoms with Crippen LogP contribution in [0.25, 0.3) is 0 Å². The zero-order chi connectivity index (χ0) is 19.4. The van der Waals surface area contributed by atoms with Crippen molar-refractivity contribution < 1.29 is 19.4 Å². The van der Waals surface area contributed by atoms with Crippen LogP contribution in [0.1, 0.15) is 15.9 Å². The molecule has 1 aliphatic heterocycles. The molecule has 1 N–H and O–H groups in total. The van der Waals surface area contributed by atoms with E-state index in [1.54, 1.807) is 18.2 Å². The minimum absolute atomic E-state index is 0.108. The fraction of sp³-hybridized carbons (Fsp3) is 0.263. The lowest BCUT2D eigenvalue weighted by atomic mass is 10.1. The summed E-state index contributed by atoms with van der Waals surface area (Å²) in [5.41, 5.74) is 2.10. The summed E-state index contributed by atoms with van der Waals surface area (Å²) in [5.74, 6) is -0.551. The molecule has 1 saturated heterocycles. The van der Waals surface area contributed by atoms with E-state index in [9.17, 15) is 9.90 Å². The lowest BCUT2D eigenvalue weighted by Crippen LogP contribution is -2.37. The Hall–Kier alpha value is -2.28. The Morgan fingerprint density at radius 3 is 2.70 bits per heavy atom. The van der Waals surface area contributed by atoms with Crippen LogP contribution in [0.3, 0.4) is 0 Å². The first-order valence-electron chi connectivity index (χ1n) is 8.26. The molecule has 2 aromatic carbocycles. The van der Waals surface area contributed by atoms with Crippen LogP contribution in [0.5, 0.6) is 5.75 Å². The highest BCUT2D eigenvalue weighted by molar-refractivity contribution is 6.36. The molecule has 0 spiro atoms. The number of aliphatic imine (C=N–C) groups is 1. The van der Waals surface area contributed by atoms with Crippen LogP contribution in [0.15, 0.2) is 35.3 Å². The Labute approximate surface area is 166 Å². The molecule has 8 heteroatoms. The molecule has 142 valence electrons. The van der Waals surface area contributed by atoms with Crippen LogP contribution < -0.4 is 4.90 Å². The highest BCUT2D eigenvalue weighted by atomic mass is 35.5. The second-order valence-electron chi connectivity index (χ2n) is 5.88. The molecular weight excluding hydrogens is 391 g/mol. The molecule has 2 aromatic rings. The maximum absolute atomic E-state index is 12.2. The summed E-state index contributed by atoms with van der Waals surface area (Å²) in [6, 6.07) is 8.26. The SMILES string of the molecule is COC(=O)c1cc(N=Cc2cc(Cl)cc(Cl)c2O)ccc1N1CCOCC1. The van der Waals surface area contributed by atoms with Gasteiger partial charge in [-0.05, 0) is 30.3 Å². The fourth-order valence-corrected chi connectivity index (χ4v) is 3.30. The number of hydrogen-bond acceptors (Lipinski definition) is 6. The Balaban J connectivity index is 1.94. The van der Waals surface area contributed by atoms with Crippen molar-refractivity contribution in [1.29, 1.82) is 0 Å². The van der Waals surface area contributed by atoms with Crippen molar-refractivity contribution >= 4 is 46.8 Å². The third-order valence-corrected chi connectivity index (χ3v) is 4.65. The van der Waals surface area contributed by atoms with E-state index in [0.717, 1.165) is 5.69 Å². The van der Waals surface area contributed by atoms with Crippen LogP contribution >= 0.6 is 23.2 Å². The average Bonchev–Trinajstić information content (AvgIpc) is 2.69. The van der Waals surface area contributed by atoms with Crippen molar-refractivity contribution in [3.8, 4) is 5.75 Å². The molecule has 0 atom stereocenters. The van der Waals surface area contributed by atoms with E-state index in [-0.39, 0.29) is 10.8 Å². The Kier molecular flexibility index (Phi) is 6.21. The monoisotopic (exact) mass is 408 g/mol. The average molecular weight is 409 g/mol. The topological polar surface area (TPSA) is 71.4 Å². The van der Waals surface area contributed by atoms with Crippen molar-refractivity contribution in [3.05, 3.63) is 51.5 Å². The number of ether oxygens (including phenoxy) is 2. The predicted molar refractivity (Wildman–Crippen MR) is 106 cm³/mol. The number of carbonyl (C=O) groups is 1. The molecule has 1 aliphatic rings. The van der Waals surface area contributed by atoms with Gasteiger partial charge in [-0.1, -0.05) is 23.2 Å². The van der Waals surface area contributed by atoms with Gasteiger partial charge in [-0.3, -0.25) is 4.99 Å². The number of benzene rings is 2. The van der Waals surface area contributed by atoms with E-state index in [4.69, 9.17) is 32.7 Å². The highest BCUT2D eigenvalue weighted by Crippen LogP contribution is 2.31. The Bertz CT molecular complexity index is 880. The van der Waals surface area contributed by atoms with Gasteiger partial charge >= 0.3 is 5.97 Å². The first-order valence-corrected chi connectivity index (χ1v) is 9.02. The summed E-state index contributed by atoms with van der Waals surface area (Å²) in [6.45, 7) is 2.60. The van der Waals surface area contributed by atoms with E-state index < -0.39 is 5.97 Å². The number of carbonyl (C=O) groups excluding carboxylic acids is 1. The quantitative estimate of drug-likeness (QED) is 0.609. The minimum Gasteiger partial charge on any atom is -0.506 e. The van der Waals surface area contributed by atoms with Crippen molar-refractivity contribution in [1.82, 2.24) is 0 Å². The number of esters is 1. The van der Waals surface area contributed by atoms with Gasteiger partial charge in [0.05, 0.1) is 42.3 Å². The fourth-order valence-electron chi connectivity index (χ4n) is 2.79. The van der Waals surface area contributed by atoms with E-state index in [0.29, 0.717) is 48.1 Å². The number of phenolic OH excluding ortho intramolecular Hbond substituents is 1. The molecule has 0 aliphatic carbocycles. The van der Waals surface area contributed by atoms with Crippen molar-refractivity contribution in [3.63, 3.8) is 0 Å². The second kappa shape index (κ2) is 8.61. The number of methoxy groups -OCH3 is 1. The largest absolute Gasteiger partial charge is 0.506 e. The van der Waals surface area contributed by atoms with Gasteiger partial charge in [-0.25, -0.2) is 4.79 Å². The van der Waals surface area contributed by atoms with E-state index in [2.05, 4.69) is 9.89 Å². The molecule has 0 saturated carbocycles. The van der Waals surface area contributed by atoms with E-state index in [1.165, 1.54) is 19.4 Å². The summed E-state index contributed by atoms with van der Waals surface area (Å²) in [6.07, 6.45) is 1.44. The normalized spacial score (nSPS) is 14.6. The summed E-state index contributed by atoms with van der Waals surface area (Å²) in [4.78, 5) is 18.6. The molecule has 6 nitrogen and oxygen atoms in total. The van der Waals surface area contributed by atoms with Gasteiger partial charge in [0, 0.05) is 29.9 Å². The molecule has 0 amide bonds. The zero-order valence-corrected chi connectivity index (χ0v) is 16.1. The molecule has 0 unspecified atom stereocenters. The van der Waals surface area contributed by atoms with Crippen LogP contribution in [0.2, 0.25) is 10.0 Å². The predicted octanol–water partition coefficient (Wildman–Crippen LogP) is 4.07. The van der Waals surface area contributed by atoms with E-state index in [1.807, 2.05) is 6.07 Å². The maximum atomic E-state index is 12.2. The lowest BCUT2D eigenvalue weighted by Gasteiger charge is -2.30. The second-order valence-corrected chi connectivity index (χ2v) is 6.72. The Morgan fingerprint density at radius 1 is 1.26 bits per heavy atom. The summed E-state index contributed by atoms with van der Waals surface area (Å²) in [5, 5.41) is 10.5. The highest BCUT2D eigenvalue weighted by Gasteiger charge is 2.19. The molecule has 1 fully saturated rings. The van der Waals surface area contributed by atoms with Crippen LogP contribution in [-0.2, 0) is 9.47 Å². The number of anilines is 1. The summed E-state index contributed by atoms with van der Waals surface area (Å²) in [7, 11) is 1.34. The number of rotatable bonds is 4. The van der Waals surface area contributed by atoms with Crippen LogP contribution in [0, 0.1) is 0 Å². The lowest BCUT2D eigenvalue weighted by molar-refractivity contribution is 0.0600.